The summed E-state index contributed by atoms with van der Waals surface area (Å²) < 4.78 is 2.12. The molecule has 1 aromatic rings. The van der Waals surface area contributed by atoms with Crippen molar-refractivity contribution >= 4 is 0 Å². The van der Waals surface area contributed by atoms with Crippen LogP contribution in [0.5, 0.6) is 0 Å². The first kappa shape index (κ1) is 7.80. The third kappa shape index (κ3) is 1.05. The summed E-state index contributed by atoms with van der Waals surface area (Å²) in [5.41, 5.74) is 2.48. The number of aromatic nitrogens is 2. The van der Waals surface area contributed by atoms with Crippen LogP contribution in [0.4, 0.5) is 0 Å². The SMILES string of the molecule is Cc1cc2n(n1)CCN(C)[C@@H]2C. The quantitative estimate of drug-likeness (QED) is 0.576. The summed E-state index contributed by atoms with van der Waals surface area (Å²) in [5.74, 6) is 0. The maximum absolute atomic E-state index is 4.43. The zero-order chi connectivity index (χ0) is 8.72. The fraction of sp³-hybridized carbons (Fsp3) is 0.667. The average Bonchev–Trinajstić information content (AvgIpc) is 2.39. The van der Waals surface area contributed by atoms with E-state index in [1.54, 1.807) is 0 Å². The molecule has 0 bridgehead atoms. The molecule has 0 aromatic carbocycles. The van der Waals surface area contributed by atoms with Crippen molar-refractivity contribution in [3.05, 3.63) is 17.5 Å². The van der Waals surface area contributed by atoms with E-state index in [2.05, 4.69) is 41.6 Å². The van der Waals surface area contributed by atoms with Crippen molar-refractivity contribution in [2.24, 2.45) is 0 Å². The van der Waals surface area contributed by atoms with Gasteiger partial charge in [-0.15, -0.1) is 0 Å². The number of likely N-dealkylation sites (N-methyl/N-ethyl adjacent to an activating group) is 1. The molecule has 0 amide bonds. The molecule has 0 unspecified atom stereocenters. The van der Waals surface area contributed by atoms with E-state index in [-0.39, 0.29) is 0 Å². The Kier molecular flexibility index (Phi) is 1.68. The molecule has 3 heteroatoms. The molecule has 1 aliphatic heterocycles. The van der Waals surface area contributed by atoms with Crippen LogP contribution in [-0.4, -0.2) is 28.3 Å². The van der Waals surface area contributed by atoms with Crippen LogP contribution in [0.15, 0.2) is 6.07 Å². The summed E-state index contributed by atoms with van der Waals surface area (Å²) in [6.07, 6.45) is 0. The second-order valence-electron chi connectivity index (χ2n) is 3.59. The summed E-state index contributed by atoms with van der Waals surface area (Å²) >= 11 is 0. The molecule has 0 radical (unpaired) electrons. The van der Waals surface area contributed by atoms with Gasteiger partial charge in [0, 0.05) is 12.6 Å². The lowest BCUT2D eigenvalue weighted by atomic mass is 10.1. The molecule has 1 aliphatic rings. The molecule has 2 heterocycles. The third-order valence-corrected chi connectivity index (χ3v) is 2.69. The predicted molar refractivity (Wildman–Crippen MR) is 48.0 cm³/mol. The molecular formula is C9H15N3. The second-order valence-corrected chi connectivity index (χ2v) is 3.59. The molecule has 0 saturated carbocycles. The number of fused-ring (bicyclic) bond motifs is 1. The standard InChI is InChI=1S/C9H15N3/c1-7-6-9-8(2)11(3)4-5-12(9)10-7/h6,8H,4-5H2,1-3H3/t8-/m1/s1. The molecule has 3 nitrogen and oxygen atoms in total. The highest BCUT2D eigenvalue weighted by atomic mass is 15.3. The van der Waals surface area contributed by atoms with E-state index in [4.69, 9.17) is 0 Å². The number of nitrogens with zero attached hydrogens (tertiary/aromatic N) is 3. The molecule has 1 atom stereocenters. The van der Waals surface area contributed by atoms with E-state index >= 15 is 0 Å². The maximum atomic E-state index is 4.43. The monoisotopic (exact) mass is 165 g/mol. The van der Waals surface area contributed by atoms with Crippen LogP contribution >= 0.6 is 0 Å². The van der Waals surface area contributed by atoms with Gasteiger partial charge in [-0.05, 0) is 27.0 Å². The van der Waals surface area contributed by atoms with Gasteiger partial charge in [0.15, 0.2) is 0 Å². The lowest BCUT2D eigenvalue weighted by Gasteiger charge is -2.30. The fourth-order valence-electron chi connectivity index (χ4n) is 1.75. The van der Waals surface area contributed by atoms with Crippen LogP contribution in [0.25, 0.3) is 0 Å². The molecular weight excluding hydrogens is 150 g/mol. The van der Waals surface area contributed by atoms with E-state index in [1.165, 1.54) is 5.69 Å². The summed E-state index contributed by atoms with van der Waals surface area (Å²) in [5, 5.41) is 4.43. The Morgan fingerprint density at radius 1 is 1.50 bits per heavy atom. The smallest absolute Gasteiger partial charge is 0.0597 e. The minimum atomic E-state index is 0.514. The van der Waals surface area contributed by atoms with Crippen LogP contribution in [-0.2, 0) is 6.54 Å². The number of hydrogen-bond acceptors (Lipinski definition) is 2. The summed E-state index contributed by atoms with van der Waals surface area (Å²) in [7, 11) is 2.16. The van der Waals surface area contributed by atoms with Crippen LogP contribution in [0.2, 0.25) is 0 Å². The van der Waals surface area contributed by atoms with E-state index in [0.29, 0.717) is 6.04 Å². The predicted octanol–water partition coefficient (Wildman–Crippen LogP) is 1.20. The molecule has 0 aliphatic carbocycles. The van der Waals surface area contributed by atoms with E-state index in [1.807, 2.05) is 0 Å². The molecule has 66 valence electrons. The van der Waals surface area contributed by atoms with Gasteiger partial charge in [0.25, 0.3) is 0 Å². The molecule has 0 saturated heterocycles. The number of hydrogen-bond donors (Lipinski definition) is 0. The summed E-state index contributed by atoms with van der Waals surface area (Å²) in [4.78, 5) is 2.36. The zero-order valence-electron chi connectivity index (χ0n) is 7.91. The van der Waals surface area contributed by atoms with Crippen LogP contribution < -0.4 is 0 Å². The van der Waals surface area contributed by atoms with Gasteiger partial charge in [-0.2, -0.15) is 5.10 Å². The minimum absolute atomic E-state index is 0.514. The molecule has 0 fully saturated rings. The van der Waals surface area contributed by atoms with Gasteiger partial charge in [-0.1, -0.05) is 0 Å². The average molecular weight is 165 g/mol. The van der Waals surface area contributed by atoms with Crippen molar-refractivity contribution in [1.29, 1.82) is 0 Å². The Hall–Kier alpha value is -0.830. The minimum Gasteiger partial charge on any atom is -0.296 e. The van der Waals surface area contributed by atoms with Crippen molar-refractivity contribution in [3.8, 4) is 0 Å². The molecule has 0 N–H and O–H groups in total. The van der Waals surface area contributed by atoms with E-state index in [0.717, 1.165) is 18.8 Å². The lowest BCUT2D eigenvalue weighted by molar-refractivity contribution is 0.202. The molecule has 1 aromatic heterocycles. The van der Waals surface area contributed by atoms with Crippen molar-refractivity contribution in [2.45, 2.75) is 26.4 Å². The summed E-state index contributed by atoms with van der Waals surface area (Å²) in [6.45, 7) is 6.42. The molecule has 0 spiro atoms. The van der Waals surface area contributed by atoms with Crippen LogP contribution in [0.3, 0.4) is 0 Å². The second kappa shape index (κ2) is 2.59. The first-order valence-electron chi connectivity index (χ1n) is 4.43. The van der Waals surface area contributed by atoms with Crippen molar-refractivity contribution in [2.75, 3.05) is 13.6 Å². The first-order chi connectivity index (χ1) is 5.68. The van der Waals surface area contributed by atoms with E-state index < -0.39 is 0 Å². The van der Waals surface area contributed by atoms with Gasteiger partial charge in [0.1, 0.15) is 0 Å². The van der Waals surface area contributed by atoms with Crippen molar-refractivity contribution < 1.29 is 0 Å². The van der Waals surface area contributed by atoms with Gasteiger partial charge in [-0.25, -0.2) is 0 Å². The molecule has 2 rings (SSSR count). The third-order valence-electron chi connectivity index (χ3n) is 2.69. The van der Waals surface area contributed by atoms with Gasteiger partial charge < -0.3 is 0 Å². The lowest BCUT2D eigenvalue weighted by Crippen LogP contribution is -2.33. The Morgan fingerprint density at radius 3 is 3.00 bits per heavy atom. The van der Waals surface area contributed by atoms with Gasteiger partial charge in [0.2, 0.25) is 0 Å². The number of rotatable bonds is 0. The Morgan fingerprint density at radius 2 is 2.25 bits per heavy atom. The van der Waals surface area contributed by atoms with Crippen molar-refractivity contribution in [3.63, 3.8) is 0 Å². The summed E-state index contributed by atoms with van der Waals surface area (Å²) in [6, 6.07) is 2.69. The van der Waals surface area contributed by atoms with Crippen molar-refractivity contribution in [1.82, 2.24) is 14.7 Å². The highest BCUT2D eigenvalue weighted by Gasteiger charge is 2.21. The Bertz CT molecular complexity index is 290. The maximum Gasteiger partial charge on any atom is 0.0597 e. The van der Waals surface area contributed by atoms with Crippen LogP contribution in [0, 0.1) is 6.92 Å². The highest BCUT2D eigenvalue weighted by molar-refractivity contribution is 5.14. The first-order valence-corrected chi connectivity index (χ1v) is 4.43. The normalized spacial score (nSPS) is 24.1. The zero-order valence-corrected chi connectivity index (χ0v) is 7.91. The largest absolute Gasteiger partial charge is 0.296 e. The van der Waals surface area contributed by atoms with Gasteiger partial charge in [0.05, 0.1) is 17.9 Å². The van der Waals surface area contributed by atoms with Gasteiger partial charge in [-0.3, -0.25) is 9.58 Å². The fourth-order valence-corrected chi connectivity index (χ4v) is 1.75. The topological polar surface area (TPSA) is 21.1 Å². The number of aryl methyl sites for hydroxylation is 1. The Balaban J connectivity index is 2.41. The van der Waals surface area contributed by atoms with Gasteiger partial charge >= 0.3 is 0 Å². The van der Waals surface area contributed by atoms with Crippen LogP contribution in [0.1, 0.15) is 24.4 Å². The highest BCUT2D eigenvalue weighted by Crippen LogP contribution is 2.23. The Labute approximate surface area is 73.0 Å². The van der Waals surface area contributed by atoms with E-state index in [9.17, 15) is 0 Å². The molecule has 12 heavy (non-hydrogen) atoms.